The number of benzene rings is 1. The summed E-state index contributed by atoms with van der Waals surface area (Å²) in [4.78, 5) is 19.3. The Labute approximate surface area is 171 Å². The van der Waals surface area contributed by atoms with Gasteiger partial charge in [0, 0.05) is 44.2 Å². The third-order valence-electron chi connectivity index (χ3n) is 6.07. The Bertz CT molecular complexity index is 803. The van der Waals surface area contributed by atoms with E-state index in [0.717, 1.165) is 57.7 Å². The minimum atomic E-state index is -0.276. The van der Waals surface area contributed by atoms with E-state index >= 15 is 0 Å². The average molecular weight is 399 g/mol. The summed E-state index contributed by atoms with van der Waals surface area (Å²) in [5, 5.41) is 7.35. The number of carbonyl (C=O) groups is 1. The lowest BCUT2D eigenvalue weighted by Crippen LogP contribution is -2.51. The molecule has 29 heavy (non-hydrogen) atoms. The molecule has 7 nitrogen and oxygen atoms in total. The number of likely N-dealkylation sites (tertiary alicyclic amines) is 1. The number of urea groups is 1. The van der Waals surface area contributed by atoms with Gasteiger partial charge in [-0.25, -0.2) is 4.79 Å². The fourth-order valence-electron chi connectivity index (χ4n) is 4.26. The van der Waals surface area contributed by atoms with Gasteiger partial charge in [0.15, 0.2) is 5.82 Å². The molecule has 1 atom stereocenters. The van der Waals surface area contributed by atoms with E-state index in [4.69, 9.17) is 14.2 Å². The maximum atomic E-state index is 12.7. The van der Waals surface area contributed by atoms with Gasteiger partial charge in [0.2, 0.25) is 5.89 Å². The van der Waals surface area contributed by atoms with Crippen LogP contribution in [0.5, 0.6) is 0 Å². The van der Waals surface area contributed by atoms with E-state index in [-0.39, 0.29) is 17.4 Å². The van der Waals surface area contributed by atoms with Gasteiger partial charge in [-0.3, -0.25) is 0 Å². The van der Waals surface area contributed by atoms with Gasteiger partial charge in [-0.05, 0) is 37.7 Å². The van der Waals surface area contributed by atoms with Crippen molar-refractivity contribution in [2.75, 3.05) is 32.8 Å². The van der Waals surface area contributed by atoms with Crippen LogP contribution in [-0.4, -0.2) is 53.9 Å². The molecule has 2 aliphatic rings. The van der Waals surface area contributed by atoms with Gasteiger partial charge >= 0.3 is 6.03 Å². The number of rotatable bonds is 5. The van der Waals surface area contributed by atoms with Crippen LogP contribution >= 0.6 is 0 Å². The molecule has 0 saturated carbocycles. The van der Waals surface area contributed by atoms with Crippen LogP contribution in [0.4, 0.5) is 4.79 Å². The number of carbonyl (C=O) groups excluding carboxylic acids is 1. The molecule has 1 unspecified atom stereocenters. The van der Waals surface area contributed by atoms with E-state index in [1.54, 1.807) is 0 Å². The number of nitrogens with one attached hydrogen (secondary N) is 1. The Hall–Kier alpha value is -2.41. The second kappa shape index (κ2) is 8.95. The summed E-state index contributed by atoms with van der Waals surface area (Å²) in [5.41, 5.74) is 0.950. The molecule has 1 aromatic carbocycles. The molecule has 0 aliphatic carbocycles. The first-order valence-corrected chi connectivity index (χ1v) is 10.6. The van der Waals surface area contributed by atoms with Crippen molar-refractivity contribution in [3.8, 4) is 0 Å². The van der Waals surface area contributed by atoms with E-state index in [9.17, 15) is 4.79 Å². The van der Waals surface area contributed by atoms with E-state index in [1.165, 1.54) is 5.56 Å². The highest BCUT2D eigenvalue weighted by atomic mass is 16.5. The molecule has 2 aliphatic heterocycles. The zero-order valence-corrected chi connectivity index (χ0v) is 17.1. The molecular formula is C22H30N4O3. The molecule has 2 aromatic rings. The normalized spacial score (nSPS) is 23.1. The van der Waals surface area contributed by atoms with E-state index in [2.05, 4.69) is 29.5 Å². The first kappa shape index (κ1) is 19.9. The molecule has 2 amide bonds. The van der Waals surface area contributed by atoms with Crippen LogP contribution in [0.2, 0.25) is 0 Å². The van der Waals surface area contributed by atoms with Crippen LogP contribution < -0.4 is 5.32 Å². The third-order valence-corrected chi connectivity index (χ3v) is 6.07. The maximum Gasteiger partial charge on any atom is 0.317 e. The quantitative estimate of drug-likeness (QED) is 0.836. The summed E-state index contributed by atoms with van der Waals surface area (Å²) in [6.45, 7) is 5.63. The summed E-state index contributed by atoms with van der Waals surface area (Å²) in [6, 6.07) is 10.2. The van der Waals surface area contributed by atoms with Gasteiger partial charge in [-0.1, -0.05) is 42.4 Å². The molecule has 2 fully saturated rings. The van der Waals surface area contributed by atoms with E-state index in [1.807, 2.05) is 23.1 Å². The van der Waals surface area contributed by atoms with Crippen molar-refractivity contribution in [2.45, 2.75) is 50.4 Å². The molecule has 4 rings (SSSR count). The topological polar surface area (TPSA) is 80.5 Å². The Kier molecular flexibility index (Phi) is 6.13. The van der Waals surface area contributed by atoms with Crippen LogP contribution in [-0.2, 0) is 16.6 Å². The minimum Gasteiger partial charge on any atom is -0.381 e. The minimum absolute atomic E-state index is 0.0139. The van der Waals surface area contributed by atoms with Crippen molar-refractivity contribution in [2.24, 2.45) is 0 Å². The summed E-state index contributed by atoms with van der Waals surface area (Å²) >= 11 is 0. The number of hydrogen-bond donors (Lipinski definition) is 1. The second-order valence-electron chi connectivity index (χ2n) is 8.40. The van der Waals surface area contributed by atoms with Gasteiger partial charge in [0.25, 0.3) is 0 Å². The molecule has 3 heterocycles. The van der Waals surface area contributed by atoms with Gasteiger partial charge in [-0.15, -0.1) is 0 Å². The van der Waals surface area contributed by atoms with Crippen LogP contribution in [0.25, 0.3) is 0 Å². The lowest BCUT2D eigenvalue weighted by atomic mass is 9.81. The van der Waals surface area contributed by atoms with Gasteiger partial charge in [0.05, 0.1) is 0 Å². The number of piperidine rings is 1. The number of aromatic nitrogens is 2. The molecule has 1 N–H and O–H groups in total. The molecule has 0 bridgehead atoms. The van der Waals surface area contributed by atoms with Gasteiger partial charge in [0.1, 0.15) is 0 Å². The summed E-state index contributed by atoms with van der Waals surface area (Å²) < 4.78 is 11.0. The molecule has 0 radical (unpaired) electrons. The molecule has 156 valence electrons. The Morgan fingerprint density at radius 2 is 2.07 bits per heavy atom. The van der Waals surface area contributed by atoms with Crippen molar-refractivity contribution in [3.05, 3.63) is 47.6 Å². The lowest BCUT2D eigenvalue weighted by molar-refractivity contribution is 0.0778. The van der Waals surface area contributed by atoms with Crippen molar-refractivity contribution in [1.29, 1.82) is 0 Å². The highest BCUT2D eigenvalue weighted by Gasteiger charge is 2.39. The van der Waals surface area contributed by atoms with Crippen molar-refractivity contribution < 1.29 is 14.1 Å². The van der Waals surface area contributed by atoms with Crippen LogP contribution in [0.3, 0.4) is 0 Å². The Morgan fingerprint density at radius 1 is 1.28 bits per heavy atom. The van der Waals surface area contributed by atoms with Crippen LogP contribution in [0.15, 0.2) is 34.9 Å². The number of nitrogens with zero attached hydrogens (tertiary/aromatic N) is 3. The van der Waals surface area contributed by atoms with Crippen molar-refractivity contribution in [3.63, 3.8) is 0 Å². The number of hydrogen-bond acceptors (Lipinski definition) is 5. The van der Waals surface area contributed by atoms with E-state index in [0.29, 0.717) is 19.0 Å². The first-order chi connectivity index (χ1) is 14.1. The predicted molar refractivity (Wildman–Crippen MR) is 109 cm³/mol. The zero-order chi connectivity index (χ0) is 20.1. The zero-order valence-electron chi connectivity index (χ0n) is 17.1. The standard InChI is InChI=1S/C22H30N4O3/c1-22(20-24-19(29-25-20)18-9-14-28-15-10-18)11-5-13-26(16-22)21(27)23-12-8-17-6-3-2-4-7-17/h2-4,6-7,18H,5,8-16H2,1H3,(H,23,27). The summed E-state index contributed by atoms with van der Waals surface area (Å²) in [6.07, 6.45) is 4.57. The predicted octanol–water partition coefficient (Wildman–Crippen LogP) is 3.27. The van der Waals surface area contributed by atoms with Crippen molar-refractivity contribution in [1.82, 2.24) is 20.4 Å². The lowest BCUT2D eigenvalue weighted by Gasteiger charge is -2.38. The third kappa shape index (κ3) is 4.78. The fraction of sp³-hybridized carbons (Fsp3) is 0.591. The molecule has 1 aromatic heterocycles. The summed E-state index contributed by atoms with van der Waals surface area (Å²) in [5.74, 6) is 1.73. The molecule has 2 saturated heterocycles. The molecular weight excluding hydrogens is 368 g/mol. The smallest absolute Gasteiger partial charge is 0.317 e. The highest BCUT2D eigenvalue weighted by molar-refractivity contribution is 5.74. The molecule has 7 heteroatoms. The molecule has 0 spiro atoms. The van der Waals surface area contributed by atoms with Crippen LogP contribution in [0, 0.1) is 0 Å². The average Bonchev–Trinajstić information content (AvgIpc) is 3.26. The fourth-order valence-corrected chi connectivity index (χ4v) is 4.26. The van der Waals surface area contributed by atoms with Gasteiger partial charge in [-0.2, -0.15) is 4.98 Å². The van der Waals surface area contributed by atoms with Gasteiger partial charge < -0.3 is 19.5 Å². The summed E-state index contributed by atoms with van der Waals surface area (Å²) in [7, 11) is 0. The largest absolute Gasteiger partial charge is 0.381 e. The highest BCUT2D eigenvalue weighted by Crippen LogP contribution is 2.34. The monoisotopic (exact) mass is 398 g/mol. The maximum absolute atomic E-state index is 12.7. The second-order valence-corrected chi connectivity index (χ2v) is 8.40. The van der Waals surface area contributed by atoms with Crippen LogP contribution in [0.1, 0.15) is 55.8 Å². The number of ether oxygens (including phenoxy) is 1. The first-order valence-electron chi connectivity index (χ1n) is 10.6. The Balaban J connectivity index is 1.34. The van der Waals surface area contributed by atoms with Crippen molar-refractivity contribution >= 4 is 6.03 Å². The number of amides is 2. The Morgan fingerprint density at radius 3 is 2.86 bits per heavy atom. The van der Waals surface area contributed by atoms with E-state index < -0.39 is 0 Å². The SMILES string of the molecule is CC1(c2noc(C3CCOCC3)n2)CCCN(C(=O)NCCc2ccccc2)C1.